The highest BCUT2D eigenvalue weighted by Crippen LogP contribution is 2.23. The minimum Gasteiger partial charge on any atom is -0.480 e. The smallest absolute Gasteiger partial charge is 0.321 e. The van der Waals surface area contributed by atoms with Crippen LogP contribution in [0.15, 0.2) is 0 Å². The monoisotopic (exact) mass is 322 g/mol. The van der Waals surface area contributed by atoms with Crippen LogP contribution in [0.1, 0.15) is 12.8 Å². The maximum atomic E-state index is 11.6. The average Bonchev–Trinajstić information content (AvgIpc) is 2.38. The van der Waals surface area contributed by atoms with Crippen LogP contribution in [0.4, 0.5) is 0 Å². The second-order valence-electron chi connectivity index (χ2n) is 5.55. The van der Waals surface area contributed by atoms with Crippen LogP contribution >= 0.6 is 11.8 Å². The summed E-state index contributed by atoms with van der Waals surface area (Å²) >= 11 is 1.67. The van der Waals surface area contributed by atoms with Crippen molar-refractivity contribution in [1.29, 1.82) is 0 Å². The number of thioether (sulfide) groups is 1. The number of carboxylic acid groups (broad SMARTS) is 1. The molecule has 0 radical (unpaired) electrons. The van der Waals surface area contributed by atoms with Gasteiger partial charge in [0, 0.05) is 37.7 Å². The molecular weight excluding hydrogens is 300 g/mol. The van der Waals surface area contributed by atoms with E-state index >= 15 is 0 Å². The second-order valence-corrected chi connectivity index (χ2v) is 8.69. The molecule has 0 aromatic heterocycles. The molecule has 0 bridgehead atoms. The van der Waals surface area contributed by atoms with Gasteiger partial charge in [0.05, 0.1) is 6.26 Å². The van der Waals surface area contributed by atoms with Crippen molar-refractivity contribution < 1.29 is 18.3 Å². The Hall–Kier alpha value is -0.310. The predicted octanol–water partition coefficient (Wildman–Crippen LogP) is 0.160. The fourth-order valence-electron chi connectivity index (χ4n) is 2.89. The SMILES string of the molecule is CS(=O)(=O)N1CCCC(CN2CCSCC2C(=O)O)C1. The molecule has 0 aliphatic carbocycles. The summed E-state index contributed by atoms with van der Waals surface area (Å²) in [6.45, 7) is 2.57. The lowest BCUT2D eigenvalue weighted by Crippen LogP contribution is -2.51. The van der Waals surface area contributed by atoms with Crippen molar-refractivity contribution in [2.45, 2.75) is 18.9 Å². The molecule has 0 aromatic carbocycles. The van der Waals surface area contributed by atoms with E-state index in [-0.39, 0.29) is 5.92 Å². The first-order chi connectivity index (χ1) is 9.38. The van der Waals surface area contributed by atoms with Crippen molar-refractivity contribution >= 4 is 27.8 Å². The summed E-state index contributed by atoms with van der Waals surface area (Å²) in [5.74, 6) is 1.04. The Balaban J connectivity index is 1.96. The number of aliphatic carboxylic acids is 1. The molecule has 2 saturated heterocycles. The van der Waals surface area contributed by atoms with Gasteiger partial charge in [-0.05, 0) is 18.8 Å². The number of rotatable bonds is 4. The van der Waals surface area contributed by atoms with Crippen molar-refractivity contribution in [2.75, 3.05) is 43.9 Å². The van der Waals surface area contributed by atoms with Gasteiger partial charge in [-0.3, -0.25) is 9.69 Å². The molecule has 2 rings (SSSR count). The average molecular weight is 322 g/mol. The lowest BCUT2D eigenvalue weighted by molar-refractivity contribution is -0.142. The third-order valence-corrected chi connectivity index (χ3v) is 6.26. The van der Waals surface area contributed by atoms with Crippen LogP contribution in [0.25, 0.3) is 0 Å². The van der Waals surface area contributed by atoms with Gasteiger partial charge in [0.25, 0.3) is 0 Å². The molecule has 0 saturated carbocycles. The quantitative estimate of drug-likeness (QED) is 0.794. The maximum absolute atomic E-state index is 11.6. The van der Waals surface area contributed by atoms with E-state index in [1.165, 1.54) is 10.6 Å². The molecule has 0 spiro atoms. The van der Waals surface area contributed by atoms with Crippen LogP contribution < -0.4 is 0 Å². The molecule has 2 unspecified atom stereocenters. The summed E-state index contributed by atoms with van der Waals surface area (Å²) < 4.78 is 24.7. The molecule has 8 heteroatoms. The van der Waals surface area contributed by atoms with Gasteiger partial charge in [-0.2, -0.15) is 11.8 Å². The van der Waals surface area contributed by atoms with E-state index in [2.05, 4.69) is 0 Å². The van der Waals surface area contributed by atoms with Gasteiger partial charge in [0.1, 0.15) is 6.04 Å². The summed E-state index contributed by atoms with van der Waals surface area (Å²) in [4.78, 5) is 13.3. The zero-order chi connectivity index (χ0) is 14.8. The Labute approximate surface area is 124 Å². The molecule has 116 valence electrons. The zero-order valence-electron chi connectivity index (χ0n) is 11.7. The summed E-state index contributed by atoms with van der Waals surface area (Å²) in [5, 5.41) is 9.26. The van der Waals surface area contributed by atoms with Crippen LogP contribution in [0.3, 0.4) is 0 Å². The minimum absolute atomic E-state index is 0.239. The Bertz CT molecular complexity index is 454. The van der Waals surface area contributed by atoms with Gasteiger partial charge in [-0.25, -0.2) is 12.7 Å². The first kappa shape index (κ1) is 16.1. The van der Waals surface area contributed by atoms with Crippen LogP contribution in [-0.2, 0) is 14.8 Å². The molecule has 6 nitrogen and oxygen atoms in total. The molecule has 0 amide bonds. The highest BCUT2D eigenvalue weighted by molar-refractivity contribution is 7.99. The molecule has 2 aliphatic rings. The van der Waals surface area contributed by atoms with Gasteiger partial charge < -0.3 is 5.11 Å². The largest absolute Gasteiger partial charge is 0.480 e. The lowest BCUT2D eigenvalue weighted by atomic mass is 9.98. The molecule has 0 aromatic rings. The number of hydrogen-bond acceptors (Lipinski definition) is 5. The fourth-order valence-corrected chi connectivity index (χ4v) is 4.94. The highest BCUT2D eigenvalue weighted by atomic mass is 32.2. The summed E-state index contributed by atoms with van der Waals surface area (Å²) in [6, 6.07) is -0.428. The minimum atomic E-state index is -3.14. The van der Waals surface area contributed by atoms with Crippen LogP contribution in [-0.4, -0.2) is 78.7 Å². The normalized spacial score (nSPS) is 30.2. The van der Waals surface area contributed by atoms with E-state index in [0.717, 1.165) is 25.1 Å². The van der Waals surface area contributed by atoms with Gasteiger partial charge in [-0.1, -0.05) is 0 Å². The van der Waals surface area contributed by atoms with E-state index in [9.17, 15) is 18.3 Å². The molecular formula is C12H22N2O4S2. The van der Waals surface area contributed by atoms with E-state index < -0.39 is 22.0 Å². The highest BCUT2D eigenvalue weighted by Gasteiger charge is 2.33. The number of carboxylic acids is 1. The van der Waals surface area contributed by atoms with Crippen molar-refractivity contribution in [1.82, 2.24) is 9.21 Å². The van der Waals surface area contributed by atoms with Crippen LogP contribution in [0.5, 0.6) is 0 Å². The molecule has 2 atom stereocenters. The molecule has 1 N–H and O–H groups in total. The number of carbonyl (C=O) groups is 1. The van der Waals surface area contributed by atoms with Crippen LogP contribution in [0.2, 0.25) is 0 Å². The van der Waals surface area contributed by atoms with E-state index in [1.54, 1.807) is 11.8 Å². The Morgan fingerprint density at radius 1 is 1.40 bits per heavy atom. The van der Waals surface area contributed by atoms with E-state index in [0.29, 0.717) is 25.4 Å². The lowest BCUT2D eigenvalue weighted by Gasteiger charge is -2.38. The summed E-state index contributed by atoms with van der Waals surface area (Å²) in [7, 11) is -3.14. The van der Waals surface area contributed by atoms with E-state index in [1.807, 2.05) is 4.90 Å². The van der Waals surface area contributed by atoms with Gasteiger partial charge in [0.2, 0.25) is 10.0 Å². The van der Waals surface area contributed by atoms with Crippen molar-refractivity contribution in [3.8, 4) is 0 Å². The molecule has 20 heavy (non-hydrogen) atoms. The van der Waals surface area contributed by atoms with Crippen LogP contribution in [0, 0.1) is 5.92 Å². The first-order valence-electron chi connectivity index (χ1n) is 6.87. The standard InChI is InChI=1S/C12H22N2O4S2/c1-20(17,18)14-4-2-3-10(8-14)7-13-5-6-19-9-11(13)12(15)16/h10-11H,2-9H2,1H3,(H,15,16). The third kappa shape index (κ3) is 4.09. The third-order valence-electron chi connectivity index (χ3n) is 3.97. The summed E-state index contributed by atoms with van der Waals surface area (Å²) in [6.07, 6.45) is 3.08. The number of piperidine rings is 1. The predicted molar refractivity (Wildman–Crippen MR) is 79.5 cm³/mol. The van der Waals surface area contributed by atoms with E-state index in [4.69, 9.17) is 0 Å². The Morgan fingerprint density at radius 3 is 2.80 bits per heavy atom. The number of sulfonamides is 1. The Kier molecular flexibility index (Phi) is 5.33. The maximum Gasteiger partial charge on any atom is 0.321 e. The molecule has 2 aliphatic heterocycles. The number of hydrogen-bond donors (Lipinski definition) is 1. The topological polar surface area (TPSA) is 77.9 Å². The van der Waals surface area contributed by atoms with Crippen molar-refractivity contribution in [2.24, 2.45) is 5.92 Å². The molecule has 2 fully saturated rings. The second kappa shape index (κ2) is 6.64. The Morgan fingerprint density at radius 2 is 2.15 bits per heavy atom. The first-order valence-corrected chi connectivity index (χ1v) is 9.88. The van der Waals surface area contributed by atoms with Crippen molar-refractivity contribution in [3.05, 3.63) is 0 Å². The summed E-state index contributed by atoms with van der Waals surface area (Å²) in [5.41, 5.74) is 0. The van der Waals surface area contributed by atoms with Gasteiger partial charge in [0.15, 0.2) is 0 Å². The zero-order valence-corrected chi connectivity index (χ0v) is 13.3. The molecule has 2 heterocycles. The number of nitrogens with zero attached hydrogens (tertiary/aromatic N) is 2. The van der Waals surface area contributed by atoms with Gasteiger partial charge in [-0.15, -0.1) is 0 Å². The van der Waals surface area contributed by atoms with Crippen molar-refractivity contribution in [3.63, 3.8) is 0 Å². The van der Waals surface area contributed by atoms with Gasteiger partial charge >= 0.3 is 5.97 Å². The fraction of sp³-hybridized carbons (Fsp3) is 0.917.